The molecule has 132 valence electrons. The third-order valence-corrected chi connectivity index (χ3v) is 6.10. The van der Waals surface area contributed by atoms with Gasteiger partial charge in [-0.05, 0) is 56.5 Å². The summed E-state index contributed by atoms with van der Waals surface area (Å²) in [5.41, 5.74) is 1.97. The minimum atomic E-state index is -0.0242. The molecule has 0 radical (unpaired) electrons. The summed E-state index contributed by atoms with van der Waals surface area (Å²) in [6, 6.07) is 8.29. The molecule has 2 aliphatic rings. The molecule has 24 heavy (non-hydrogen) atoms. The van der Waals surface area contributed by atoms with E-state index in [-0.39, 0.29) is 24.0 Å². The van der Waals surface area contributed by atoms with Crippen molar-refractivity contribution in [3.63, 3.8) is 0 Å². The molecule has 0 spiro atoms. The van der Waals surface area contributed by atoms with E-state index in [0.717, 1.165) is 44.5 Å². The van der Waals surface area contributed by atoms with Crippen molar-refractivity contribution < 1.29 is 9.90 Å². The Morgan fingerprint density at radius 1 is 1.33 bits per heavy atom. The van der Waals surface area contributed by atoms with Gasteiger partial charge in [-0.25, -0.2) is 0 Å². The van der Waals surface area contributed by atoms with E-state index in [1.807, 2.05) is 23.1 Å². The second-order valence-electron chi connectivity index (χ2n) is 7.90. The Morgan fingerprint density at radius 3 is 2.83 bits per heavy atom. The molecule has 3 rings (SSSR count). The highest BCUT2D eigenvalue weighted by Crippen LogP contribution is 2.41. The zero-order chi connectivity index (χ0) is 17.3. The van der Waals surface area contributed by atoms with Crippen LogP contribution in [0.5, 0.6) is 0 Å². The molecular formula is C20H30N2O2. The Bertz CT molecular complexity index is 601. The number of fused-ring (bicyclic) bond motifs is 1. The zero-order valence-electron chi connectivity index (χ0n) is 15.2. The molecule has 0 bridgehead atoms. The van der Waals surface area contributed by atoms with Crippen LogP contribution in [0.25, 0.3) is 0 Å². The summed E-state index contributed by atoms with van der Waals surface area (Å²) in [5, 5.41) is 10.0. The van der Waals surface area contributed by atoms with Crippen molar-refractivity contribution in [1.82, 2.24) is 9.80 Å². The minimum Gasteiger partial charge on any atom is -0.396 e. The number of piperidine rings is 2. The van der Waals surface area contributed by atoms with Gasteiger partial charge in [-0.1, -0.05) is 26.0 Å². The van der Waals surface area contributed by atoms with Crippen LogP contribution in [0.4, 0.5) is 0 Å². The largest absolute Gasteiger partial charge is 0.396 e. The van der Waals surface area contributed by atoms with Crippen LogP contribution < -0.4 is 0 Å². The van der Waals surface area contributed by atoms with Gasteiger partial charge in [0.2, 0.25) is 0 Å². The van der Waals surface area contributed by atoms with Gasteiger partial charge in [0.05, 0.1) is 6.61 Å². The number of nitrogens with zero attached hydrogens (tertiary/aromatic N) is 2. The number of aliphatic hydroxyl groups is 1. The molecular weight excluding hydrogens is 300 g/mol. The second-order valence-corrected chi connectivity index (χ2v) is 7.90. The number of likely N-dealkylation sites (N-methyl/N-ethyl adjacent to an activating group) is 1. The fraction of sp³-hybridized carbons (Fsp3) is 0.650. The molecule has 0 saturated carbocycles. The third kappa shape index (κ3) is 3.09. The fourth-order valence-electron chi connectivity index (χ4n) is 4.41. The highest BCUT2D eigenvalue weighted by Gasteiger charge is 2.47. The van der Waals surface area contributed by atoms with Gasteiger partial charge in [0, 0.05) is 30.1 Å². The lowest BCUT2D eigenvalue weighted by molar-refractivity contribution is -0.0601. The smallest absolute Gasteiger partial charge is 0.253 e. The highest BCUT2D eigenvalue weighted by atomic mass is 16.3. The lowest BCUT2D eigenvalue weighted by Gasteiger charge is -2.53. The van der Waals surface area contributed by atoms with Gasteiger partial charge < -0.3 is 14.9 Å². The maximum Gasteiger partial charge on any atom is 0.253 e. The van der Waals surface area contributed by atoms with Gasteiger partial charge in [0.1, 0.15) is 0 Å². The molecule has 2 fully saturated rings. The fourth-order valence-corrected chi connectivity index (χ4v) is 4.41. The van der Waals surface area contributed by atoms with Gasteiger partial charge in [-0.2, -0.15) is 0 Å². The molecule has 0 aliphatic carbocycles. The number of carbonyl (C=O) groups is 1. The summed E-state index contributed by atoms with van der Waals surface area (Å²) >= 11 is 0. The average molecular weight is 330 g/mol. The Balaban J connectivity index is 1.79. The van der Waals surface area contributed by atoms with Gasteiger partial charge in [0.25, 0.3) is 5.91 Å². The SMILES string of the molecule is CC(C)c1cccc(C(=O)N2CC[C@@]3(CO)CCCN(C)[C@@H]3C2)c1. The Kier molecular flexibility index (Phi) is 4.97. The first-order valence-electron chi connectivity index (χ1n) is 9.17. The average Bonchev–Trinajstić information content (AvgIpc) is 2.61. The molecule has 4 nitrogen and oxygen atoms in total. The lowest BCUT2D eigenvalue weighted by atomic mass is 9.69. The summed E-state index contributed by atoms with van der Waals surface area (Å²) in [5.74, 6) is 0.550. The van der Waals surface area contributed by atoms with Crippen LogP contribution in [0.1, 0.15) is 54.9 Å². The molecule has 2 saturated heterocycles. The minimum absolute atomic E-state index is 0.0242. The number of aliphatic hydroxyl groups excluding tert-OH is 1. The molecule has 1 amide bonds. The predicted octanol–water partition coefficient (Wildman–Crippen LogP) is 2.73. The van der Waals surface area contributed by atoms with E-state index < -0.39 is 0 Å². The summed E-state index contributed by atoms with van der Waals surface area (Å²) in [7, 11) is 2.13. The first kappa shape index (κ1) is 17.4. The molecule has 0 aromatic heterocycles. The summed E-state index contributed by atoms with van der Waals surface area (Å²) in [6.07, 6.45) is 3.11. The van der Waals surface area contributed by atoms with Crippen molar-refractivity contribution >= 4 is 5.91 Å². The topological polar surface area (TPSA) is 43.8 Å². The van der Waals surface area contributed by atoms with Crippen molar-refractivity contribution in [1.29, 1.82) is 0 Å². The van der Waals surface area contributed by atoms with E-state index in [2.05, 4.69) is 31.9 Å². The molecule has 1 aromatic carbocycles. The summed E-state index contributed by atoms with van der Waals surface area (Å²) in [6.45, 7) is 7.05. The maximum absolute atomic E-state index is 13.0. The van der Waals surface area contributed by atoms with Gasteiger partial charge >= 0.3 is 0 Å². The van der Waals surface area contributed by atoms with E-state index in [1.54, 1.807) is 0 Å². The lowest BCUT2D eigenvalue weighted by Crippen LogP contribution is -2.62. The number of carbonyl (C=O) groups excluding carboxylic acids is 1. The number of rotatable bonds is 3. The van der Waals surface area contributed by atoms with Gasteiger partial charge in [0.15, 0.2) is 0 Å². The Morgan fingerprint density at radius 2 is 2.12 bits per heavy atom. The Hall–Kier alpha value is -1.39. The first-order valence-corrected chi connectivity index (χ1v) is 9.17. The van der Waals surface area contributed by atoms with E-state index >= 15 is 0 Å². The van der Waals surface area contributed by atoms with E-state index in [0.29, 0.717) is 5.92 Å². The number of benzene rings is 1. The molecule has 1 N–H and O–H groups in total. The standard InChI is InChI=1S/C20H30N2O2/c1-15(2)16-6-4-7-17(12-16)19(24)22-11-9-20(14-23)8-5-10-21(3)18(20)13-22/h4,6-7,12,15,18,23H,5,8-11,13-14H2,1-3H3/t18-,20-/m1/s1. The van der Waals surface area contributed by atoms with E-state index in [9.17, 15) is 9.90 Å². The van der Waals surface area contributed by atoms with Crippen LogP contribution in [-0.4, -0.2) is 60.1 Å². The zero-order valence-corrected chi connectivity index (χ0v) is 15.2. The first-order chi connectivity index (χ1) is 11.5. The highest BCUT2D eigenvalue weighted by molar-refractivity contribution is 5.94. The number of amides is 1. The number of likely N-dealkylation sites (tertiary alicyclic amines) is 2. The van der Waals surface area contributed by atoms with Crippen molar-refractivity contribution in [3.05, 3.63) is 35.4 Å². The molecule has 2 aliphatic heterocycles. The van der Waals surface area contributed by atoms with Crippen LogP contribution in [0.15, 0.2) is 24.3 Å². The van der Waals surface area contributed by atoms with Crippen LogP contribution >= 0.6 is 0 Å². The van der Waals surface area contributed by atoms with E-state index in [4.69, 9.17) is 0 Å². The van der Waals surface area contributed by atoms with Gasteiger partial charge in [-0.15, -0.1) is 0 Å². The second kappa shape index (κ2) is 6.85. The third-order valence-electron chi connectivity index (χ3n) is 6.10. The quantitative estimate of drug-likeness (QED) is 0.927. The Labute approximate surface area is 145 Å². The summed E-state index contributed by atoms with van der Waals surface area (Å²) < 4.78 is 0. The molecule has 2 heterocycles. The van der Waals surface area contributed by atoms with Gasteiger partial charge in [-0.3, -0.25) is 4.79 Å². The number of hydrogen-bond donors (Lipinski definition) is 1. The summed E-state index contributed by atoms with van der Waals surface area (Å²) in [4.78, 5) is 17.3. The molecule has 1 aromatic rings. The van der Waals surface area contributed by atoms with Crippen LogP contribution in [0.3, 0.4) is 0 Å². The van der Waals surface area contributed by atoms with Crippen LogP contribution in [0, 0.1) is 5.41 Å². The van der Waals surface area contributed by atoms with Crippen molar-refractivity contribution in [2.24, 2.45) is 5.41 Å². The van der Waals surface area contributed by atoms with Crippen LogP contribution in [-0.2, 0) is 0 Å². The van der Waals surface area contributed by atoms with E-state index in [1.165, 1.54) is 5.56 Å². The monoisotopic (exact) mass is 330 g/mol. The predicted molar refractivity (Wildman–Crippen MR) is 96.2 cm³/mol. The molecule has 2 atom stereocenters. The number of hydrogen-bond acceptors (Lipinski definition) is 3. The molecule has 4 heteroatoms. The molecule has 0 unspecified atom stereocenters. The van der Waals surface area contributed by atoms with Crippen LogP contribution in [0.2, 0.25) is 0 Å². The maximum atomic E-state index is 13.0. The normalized spacial score (nSPS) is 28.0. The van der Waals surface area contributed by atoms with Crippen molar-refractivity contribution in [2.75, 3.05) is 33.3 Å². The van der Waals surface area contributed by atoms with Crippen molar-refractivity contribution in [2.45, 2.75) is 45.1 Å². The van der Waals surface area contributed by atoms with Crippen molar-refractivity contribution in [3.8, 4) is 0 Å².